The summed E-state index contributed by atoms with van der Waals surface area (Å²) in [5.74, 6) is -0.452. The topological polar surface area (TPSA) is 89.0 Å². The summed E-state index contributed by atoms with van der Waals surface area (Å²) < 4.78 is 10.9. The van der Waals surface area contributed by atoms with E-state index in [0.717, 1.165) is 5.56 Å². The monoisotopic (exact) mass is 438 g/mol. The zero-order valence-electron chi connectivity index (χ0n) is 19.0. The fraction of sp³-hybridized carbons (Fsp3) is 0.400. The van der Waals surface area contributed by atoms with Gasteiger partial charge in [0.25, 0.3) is 11.7 Å². The number of carbonyl (C=O) groups excluding carboxylic acids is 2. The van der Waals surface area contributed by atoms with Crippen LogP contribution in [-0.4, -0.2) is 53.5 Å². The average Bonchev–Trinajstić information content (AvgIpc) is 3.03. The van der Waals surface area contributed by atoms with Crippen LogP contribution in [0.25, 0.3) is 5.76 Å². The fourth-order valence-electron chi connectivity index (χ4n) is 3.77. The van der Waals surface area contributed by atoms with Crippen LogP contribution in [0.4, 0.5) is 0 Å². The highest BCUT2D eigenvalue weighted by Gasteiger charge is 2.46. The molecular weight excluding hydrogens is 408 g/mol. The molecule has 1 aliphatic heterocycles. The molecule has 0 bridgehead atoms. The number of Topliss-reactive ketones (excluding diaryl/α,β-unsaturated/α-hetero) is 1. The van der Waals surface area contributed by atoms with Crippen molar-refractivity contribution in [3.8, 4) is 5.75 Å². The van der Waals surface area contributed by atoms with E-state index in [1.165, 1.54) is 4.90 Å². The zero-order chi connectivity index (χ0) is 23.3. The number of aliphatic hydroxyl groups excluding tert-OH is 1. The van der Waals surface area contributed by atoms with Crippen LogP contribution in [0.5, 0.6) is 5.75 Å². The summed E-state index contributed by atoms with van der Waals surface area (Å²) in [6, 6.07) is 8.14. The Morgan fingerprint density at radius 3 is 2.66 bits per heavy atom. The molecule has 1 aromatic heterocycles. The maximum absolute atomic E-state index is 13.0. The van der Waals surface area contributed by atoms with Crippen molar-refractivity contribution >= 4 is 17.4 Å². The Morgan fingerprint density at radius 2 is 2.03 bits per heavy atom. The molecule has 32 heavy (non-hydrogen) atoms. The third kappa shape index (κ3) is 4.99. The van der Waals surface area contributed by atoms with E-state index in [1.807, 2.05) is 13.0 Å². The van der Waals surface area contributed by atoms with Crippen molar-refractivity contribution in [1.82, 2.24) is 9.88 Å². The highest BCUT2D eigenvalue weighted by molar-refractivity contribution is 6.46. The van der Waals surface area contributed by atoms with Crippen LogP contribution in [-0.2, 0) is 14.3 Å². The zero-order valence-corrected chi connectivity index (χ0v) is 19.0. The highest BCUT2D eigenvalue weighted by Crippen LogP contribution is 2.40. The van der Waals surface area contributed by atoms with Gasteiger partial charge < -0.3 is 19.5 Å². The number of methoxy groups -OCH3 is 1. The van der Waals surface area contributed by atoms with Gasteiger partial charge in [0.15, 0.2) is 0 Å². The van der Waals surface area contributed by atoms with Crippen molar-refractivity contribution in [2.75, 3.05) is 26.9 Å². The van der Waals surface area contributed by atoms with E-state index < -0.39 is 17.7 Å². The van der Waals surface area contributed by atoms with E-state index in [1.54, 1.807) is 43.8 Å². The van der Waals surface area contributed by atoms with Gasteiger partial charge in [-0.05, 0) is 54.7 Å². The predicted molar refractivity (Wildman–Crippen MR) is 121 cm³/mol. The number of rotatable bonds is 9. The van der Waals surface area contributed by atoms with E-state index in [2.05, 4.69) is 18.8 Å². The SMILES string of the molecule is COCCCN1C(=O)C(=O)/C(=C(/O)c2ccc(OCC(C)C)cc2C)[C@@H]1c1cccnc1. The Kier molecular flexibility index (Phi) is 7.64. The van der Waals surface area contributed by atoms with Gasteiger partial charge in [0.1, 0.15) is 11.5 Å². The average molecular weight is 439 g/mol. The number of nitrogens with zero attached hydrogens (tertiary/aromatic N) is 2. The largest absolute Gasteiger partial charge is 0.507 e. The number of benzene rings is 1. The van der Waals surface area contributed by atoms with Crippen molar-refractivity contribution in [3.05, 3.63) is 65.0 Å². The molecule has 7 heteroatoms. The lowest BCUT2D eigenvalue weighted by Gasteiger charge is -2.25. The number of pyridine rings is 1. The molecule has 1 fully saturated rings. The third-order valence-electron chi connectivity index (χ3n) is 5.32. The van der Waals surface area contributed by atoms with E-state index >= 15 is 0 Å². The summed E-state index contributed by atoms with van der Waals surface area (Å²) >= 11 is 0. The smallest absolute Gasteiger partial charge is 0.295 e. The van der Waals surface area contributed by atoms with Crippen molar-refractivity contribution in [2.45, 2.75) is 33.2 Å². The van der Waals surface area contributed by atoms with Crippen LogP contribution in [0, 0.1) is 12.8 Å². The first-order chi connectivity index (χ1) is 15.3. The Hall–Kier alpha value is -3.19. The molecule has 1 atom stereocenters. The number of ketones is 1. The van der Waals surface area contributed by atoms with Gasteiger partial charge in [-0.2, -0.15) is 0 Å². The number of aliphatic hydroxyl groups is 1. The quantitative estimate of drug-likeness (QED) is 0.277. The molecule has 170 valence electrons. The van der Waals surface area contributed by atoms with Crippen LogP contribution in [0.15, 0.2) is 48.3 Å². The van der Waals surface area contributed by atoms with Crippen LogP contribution in [0.3, 0.4) is 0 Å². The number of amides is 1. The molecule has 0 spiro atoms. The summed E-state index contributed by atoms with van der Waals surface area (Å²) in [4.78, 5) is 31.5. The van der Waals surface area contributed by atoms with Crippen LogP contribution < -0.4 is 4.74 Å². The van der Waals surface area contributed by atoms with Gasteiger partial charge in [-0.1, -0.05) is 19.9 Å². The van der Waals surface area contributed by atoms with Gasteiger partial charge in [-0.3, -0.25) is 14.6 Å². The summed E-state index contributed by atoms with van der Waals surface area (Å²) in [7, 11) is 1.59. The Bertz CT molecular complexity index is 1000. The van der Waals surface area contributed by atoms with Gasteiger partial charge in [0.2, 0.25) is 0 Å². The second kappa shape index (κ2) is 10.4. The van der Waals surface area contributed by atoms with Gasteiger partial charge in [0.05, 0.1) is 18.2 Å². The summed E-state index contributed by atoms with van der Waals surface area (Å²) in [5.41, 5.74) is 1.98. The van der Waals surface area contributed by atoms with Crippen molar-refractivity contribution in [3.63, 3.8) is 0 Å². The molecule has 0 unspecified atom stereocenters. The van der Waals surface area contributed by atoms with Crippen LogP contribution >= 0.6 is 0 Å². The molecule has 0 saturated carbocycles. The molecule has 1 N–H and O–H groups in total. The number of ether oxygens (including phenoxy) is 2. The number of aromatic nitrogens is 1. The first kappa shape index (κ1) is 23.5. The van der Waals surface area contributed by atoms with Crippen molar-refractivity contribution < 1.29 is 24.2 Å². The van der Waals surface area contributed by atoms with Gasteiger partial charge in [-0.15, -0.1) is 0 Å². The molecule has 1 aliphatic rings. The fourth-order valence-corrected chi connectivity index (χ4v) is 3.77. The molecule has 1 amide bonds. The summed E-state index contributed by atoms with van der Waals surface area (Å²) in [5, 5.41) is 11.2. The number of aryl methyl sites for hydroxylation is 1. The predicted octanol–water partition coefficient (Wildman–Crippen LogP) is 3.88. The van der Waals surface area contributed by atoms with Crippen LogP contribution in [0.1, 0.15) is 43.0 Å². The highest BCUT2D eigenvalue weighted by atomic mass is 16.5. The summed E-state index contributed by atoms with van der Waals surface area (Å²) in [6.07, 6.45) is 3.81. The lowest BCUT2D eigenvalue weighted by atomic mass is 9.94. The second-order valence-electron chi connectivity index (χ2n) is 8.31. The van der Waals surface area contributed by atoms with Gasteiger partial charge >= 0.3 is 0 Å². The Morgan fingerprint density at radius 1 is 1.25 bits per heavy atom. The van der Waals surface area contributed by atoms with Crippen molar-refractivity contribution in [1.29, 1.82) is 0 Å². The minimum absolute atomic E-state index is 0.0689. The minimum atomic E-state index is -0.711. The maximum Gasteiger partial charge on any atom is 0.295 e. The Labute approximate surface area is 188 Å². The summed E-state index contributed by atoms with van der Waals surface area (Å²) in [6.45, 7) is 7.34. The molecule has 2 aromatic rings. The van der Waals surface area contributed by atoms with E-state index in [0.29, 0.717) is 49.0 Å². The number of hydrogen-bond donors (Lipinski definition) is 1. The first-order valence-electron chi connectivity index (χ1n) is 10.8. The van der Waals surface area contributed by atoms with Gasteiger partial charge in [-0.25, -0.2) is 0 Å². The minimum Gasteiger partial charge on any atom is -0.507 e. The normalized spacial score (nSPS) is 17.9. The number of hydrogen-bond acceptors (Lipinski definition) is 6. The number of likely N-dealkylation sites (tertiary alicyclic amines) is 1. The standard InChI is InChI=1S/C25H30N2O5/c1-16(2)15-32-19-8-9-20(17(3)13-19)23(28)21-22(18-7-5-10-26-14-18)27(11-6-12-31-4)25(30)24(21)29/h5,7-10,13-14,16,22,28H,6,11-12,15H2,1-4H3/b23-21+/t22-/m0/s1. The second-order valence-corrected chi connectivity index (χ2v) is 8.31. The first-order valence-corrected chi connectivity index (χ1v) is 10.8. The van der Waals surface area contributed by atoms with E-state index in [4.69, 9.17) is 9.47 Å². The van der Waals surface area contributed by atoms with Crippen molar-refractivity contribution in [2.24, 2.45) is 5.92 Å². The number of carbonyl (C=O) groups is 2. The third-order valence-corrected chi connectivity index (χ3v) is 5.32. The van der Waals surface area contributed by atoms with Crippen LogP contribution in [0.2, 0.25) is 0 Å². The van der Waals surface area contributed by atoms with E-state index in [-0.39, 0.29) is 11.3 Å². The maximum atomic E-state index is 13.0. The lowest BCUT2D eigenvalue weighted by Crippen LogP contribution is -2.31. The molecule has 7 nitrogen and oxygen atoms in total. The molecule has 2 heterocycles. The van der Waals surface area contributed by atoms with E-state index in [9.17, 15) is 14.7 Å². The lowest BCUT2D eigenvalue weighted by molar-refractivity contribution is -0.140. The Balaban J connectivity index is 2.04. The molecule has 1 saturated heterocycles. The molecule has 0 aliphatic carbocycles. The van der Waals surface area contributed by atoms with Gasteiger partial charge in [0, 0.05) is 38.2 Å². The molecule has 1 aromatic carbocycles. The molecule has 3 rings (SSSR count). The molecular formula is C25H30N2O5. The molecule has 0 radical (unpaired) electrons.